The standard InChI is InChI=1S/C21H25NO3/c1-25-19-9-5-8-17(12-19)20-15-22(13-16-6-3-2-4-7-16)14-18(20)10-11-21(23)24/h2-9,12,18,20H,10-11,13-15H2,1H3,(H,23,24). The Morgan fingerprint density at radius 3 is 2.68 bits per heavy atom. The van der Waals surface area contributed by atoms with E-state index in [1.165, 1.54) is 11.1 Å². The Kier molecular flexibility index (Phi) is 5.71. The molecule has 2 atom stereocenters. The van der Waals surface area contributed by atoms with Gasteiger partial charge in [-0.2, -0.15) is 0 Å². The molecule has 1 saturated heterocycles. The Morgan fingerprint density at radius 1 is 1.16 bits per heavy atom. The summed E-state index contributed by atoms with van der Waals surface area (Å²) in [7, 11) is 1.68. The number of hydrogen-bond donors (Lipinski definition) is 1. The van der Waals surface area contributed by atoms with Crippen LogP contribution >= 0.6 is 0 Å². The van der Waals surface area contributed by atoms with E-state index in [0.717, 1.165) is 25.4 Å². The molecule has 0 aliphatic carbocycles. The van der Waals surface area contributed by atoms with Crippen molar-refractivity contribution in [1.82, 2.24) is 4.90 Å². The number of hydrogen-bond acceptors (Lipinski definition) is 3. The molecule has 0 radical (unpaired) electrons. The van der Waals surface area contributed by atoms with Gasteiger partial charge in [-0.05, 0) is 35.6 Å². The molecule has 1 aliphatic heterocycles. The van der Waals surface area contributed by atoms with Gasteiger partial charge in [-0.3, -0.25) is 9.69 Å². The maximum absolute atomic E-state index is 11.0. The lowest BCUT2D eigenvalue weighted by Gasteiger charge is -2.18. The first-order valence-electron chi connectivity index (χ1n) is 8.77. The molecule has 1 aliphatic rings. The molecule has 2 aromatic carbocycles. The van der Waals surface area contributed by atoms with Crippen LogP contribution in [0.25, 0.3) is 0 Å². The van der Waals surface area contributed by atoms with Gasteiger partial charge in [0.1, 0.15) is 5.75 Å². The van der Waals surface area contributed by atoms with E-state index in [0.29, 0.717) is 18.3 Å². The summed E-state index contributed by atoms with van der Waals surface area (Å²) in [5.74, 6) is 0.840. The first-order valence-corrected chi connectivity index (χ1v) is 8.77. The van der Waals surface area contributed by atoms with Crippen LogP contribution < -0.4 is 4.74 Å². The maximum Gasteiger partial charge on any atom is 0.303 e. The van der Waals surface area contributed by atoms with E-state index >= 15 is 0 Å². The number of benzene rings is 2. The number of likely N-dealkylation sites (tertiary alicyclic amines) is 1. The van der Waals surface area contributed by atoms with Crippen LogP contribution in [0.5, 0.6) is 5.75 Å². The molecule has 3 rings (SSSR count). The fraction of sp³-hybridized carbons (Fsp3) is 0.381. The van der Waals surface area contributed by atoms with Crippen molar-refractivity contribution in [3.63, 3.8) is 0 Å². The van der Waals surface area contributed by atoms with Crippen molar-refractivity contribution >= 4 is 5.97 Å². The number of carboxylic acids is 1. The van der Waals surface area contributed by atoms with Gasteiger partial charge in [0, 0.05) is 32.0 Å². The van der Waals surface area contributed by atoms with Gasteiger partial charge in [0.15, 0.2) is 0 Å². The first-order chi connectivity index (χ1) is 12.2. The predicted molar refractivity (Wildman–Crippen MR) is 97.8 cm³/mol. The fourth-order valence-corrected chi connectivity index (χ4v) is 3.78. The molecule has 25 heavy (non-hydrogen) atoms. The maximum atomic E-state index is 11.0. The van der Waals surface area contributed by atoms with Gasteiger partial charge >= 0.3 is 5.97 Å². The largest absolute Gasteiger partial charge is 0.497 e. The predicted octanol–water partition coefficient (Wildman–Crippen LogP) is 3.78. The van der Waals surface area contributed by atoms with Gasteiger partial charge < -0.3 is 9.84 Å². The molecule has 0 saturated carbocycles. The molecule has 132 valence electrons. The molecule has 2 unspecified atom stereocenters. The Bertz CT molecular complexity index is 701. The Hall–Kier alpha value is -2.33. The van der Waals surface area contributed by atoms with Crippen molar-refractivity contribution in [3.05, 3.63) is 65.7 Å². The molecular weight excluding hydrogens is 314 g/mol. The minimum absolute atomic E-state index is 0.227. The topological polar surface area (TPSA) is 49.8 Å². The third kappa shape index (κ3) is 4.60. The average molecular weight is 339 g/mol. The highest BCUT2D eigenvalue weighted by Crippen LogP contribution is 2.37. The minimum atomic E-state index is -0.717. The SMILES string of the molecule is COc1cccc(C2CN(Cc3ccccc3)CC2CCC(=O)O)c1. The van der Waals surface area contributed by atoms with Crippen molar-refractivity contribution in [2.45, 2.75) is 25.3 Å². The zero-order valence-corrected chi connectivity index (χ0v) is 14.6. The number of nitrogens with zero attached hydrogens (tertiary/aromatic N) is 1. The fourth-order valence-electron chi connectivity index (χ4n) is 3.78. The van der Waals surface area contributed by atoms with Crippen molar-refractivity contribution < 1.29 is 14.6 Å². The van der Waals surface area contributed by atoms with E-state index in [2.05, 4.69) is 41.3 Å². The molecule has 0 amide bonds. The third-order valence-corrected chi connectivity index (χ3v) is 5.02. The summed E-state index contributed by atoms with van der Waals surface area (Å²) < 4.78 is 5.36. The van der Waals surface area contributed by atoms with Crippen LogP contribution in [-0.2, 0) is 11.3 Å². The molecule has 1 heterocycles. The van der Waals surface area contributed by atoms with Crippen molar-refractivity contribution in [3.8, 4) is 5.75 Å². The summed E-state index contributed by atoms with van der Waals surface area (Å²) in [6.07, 6.45) is 0.937. The molecular formula is C21H25NO3. The molecule has 1 N–H and O–H groups in total. The second kappa shape index (κ2) is 8.17. The average Bonchev–Trinajstić information content (AvgIpc) is 3.03. The summed E-state index contributed by atoms with van der Waals surface area (Å²) in [5, 5.41) is 9.08. The highest BCUT2D eigenvalue weighted by Gasteiger charge is 2.34. The van der Waals surface area contributed by atoms with E-state index in [4.69, 9.17) is 9.84 Å². The van der Waals surface area contributed by atoms with Gasteiger partial charge in [-0.1, -0.05) is 42.5 Å². The lowest BCUT2D eigenvalue weighted by atomic mass is 9.86. The van der Waals surface area contributed by atoms with Gasteiger partial charge in [-0.25, -0.2) is 0 Å². The number of carbonyl (C=O) groups is 1. The van der Waals surface area contributed by atoms with E-state index in [9.17, 15) is 4.79 Å². The zero-order chi connectivity index (χ0) is 17.6. The van der Waals surface area contributed by atoms with Crippen molar-refractivity contribution in [2.75, 3.05) is 20.2 Å². The normalized spacial score (nSPS) is 20.5. The molecule has 0 aromatic heterocycles. The van der Waals surface area contributed by atoms with Crippen LogP contribution in [0.4, 0.5) is 0 Å². The first kappa shape index (κ1) is 17.5. The lowest BCUT2D eigenvalue weighted by Crippen LogP contribution is -2.20. The molecule has 2 aromatic rings. The van der Waals surface area contributed by atoms with E-state index in [-0.39, 0.29) is 6.42 Å². The number of carboxylic acid groups (broad SMARTS) is 1. The highest BCUT2D eigenvalue weighted by molar-refractivity contribution is 5.66. The van der Waals surface area contributed by atoms with Crippen LogP contribution in [-0.4, -0.2) is 36.2 Å². The van der Waals surface area contributed by atoms with E-state index < -0.39 is 5.97 Å². The number of rotatable bonds is 7. The van der Waals surface area contributed by atoms with Crippen LogP contribution in [0.15, 0.2) is 54.6 Å². The zero-order valence-electron chi connectivity index (χ0n) is 14.6. The number of ether oxygens (including phenoxy) is 1. The van der Waals surface area contributed by atoms with Crippen LogP contribution in [0.3, 0.4) is 0 Å². The second-order valence-corrected chi connectivity index (χ2v) is 6.76. The van der Waals surface area contributed by atoms with Gasteiger partial charge in [0.05, 0.1) is 7.11 Å². The molecule has 4 heteroatoms. The van der Waals surface area contributed by atoms with Crippen molar-refractivity contribution in [1.29, 1.82) is 0 Å². The smallest absolute Gasteiger partial charge is 0.303 e. The minimum Gasteiger partial charge on any atom is -0.497 e. The molecule has 0 spiro atoms. The van der Waals surface area contributed by atoms with Gasteiger partial charge in [-0.15, -0.1) is 0 Å². The van der Waals surface area contributed by atoms with Crippen LogP contribution in [0, 0.1) is 5.92 Å². The lowest BCUT2D eigenvalue weighted by molar-refractivity contribution is -0.137. The molecule has 4 nitrogen and oxygen atoms in total. The van der Waals surface area contributed by atoms with Crippen molar-refractivity contribution in [2.24, 2.45) is 5.92 Å². The molecule has 0 bridgehead atoms. The number of methoxy groups -OCH3 is 1. The van der Waals surface area contributed by atoms with Crippen LogP contribution in [0.1, 0.15) is 29.9 Å². The summed E-state index contributed by atoms with van der Waals surface area (Å²) in [5.41, 5.74) is 2.54. The van der Waals surface area contributed by atoms with Gasteiger partial charge in [0.25, 0.3) is 0 Å². The summed E-state index contributed by atoms with van der Waals surface area (Å²) >= 11 is 0. The second-order valence-electron chi connectivity index (χ2n) is 6.76. The van der Waals surface area contributed by atoms with E-state index in [1.54, 1.807) is 7.11 Å². The Balaban J connectivity index is 1.76. The third-order valence-electron chi connectivity index (χ3n) is 5.02. The monoisotopic (exact) mass is 339 g/mol. The summed E-state index contributed by atoms with van der Waals surface area (Å²) in [6.45, 7) is 2.79. The number of aliphatic carboxylic acids is 1. The quantitative estimate of drug-likeness (QED) is 0.834. The molecule has 1 fully saturated rings. The summed E-state index contributed by atoms with van der Waals surface area (Å²) in [6, 6.07) is 18.6. The van der Waals surface area contributed by atoms with Crippen LogP contribution in [0.2, 0.25) is 0 Å². The highest BCUT2D eigenvalue weighted by atomic mass is 16.5. The Labute approximate surface area is 149 Å². The summed E-state index contributed by atoms with van der Waals surface area (Å²) in [4.78, 5) is 13.5. The van der Waals surface area contributed by atoms with Gasteiger partial charge in [0.2, 0.25) is 0 Å². The van der Waals surface area contributed by atoms with E-state index in [1.807, 2.05) is 18.2 Å². The Morgan fingerprint density at radius 2 is 1.96 bits per heavy atom.